The predicted octanol–water partition coefficient (Wildman–Crippen LogP) is 2.55. The number of urea groups is 1. The number of aromatic nitrogens is 2. The Balaban J connectivity index is 2.08. The van der Waals surface area contributed by atoms with Gasteiger partial charge in [-0.25, -0.2) is 14.8 Å². The summed E-state index contributed by atoms with van der Waals surface area (Å²) in [4.78, 5) is 31.1. The zero-order valence-electron chi connectivity index (χ0n) is 12.4. The van der Waals surface area contributed by atoms with E-state index in [4.69, 9.17) is 27.9 Å². The van der Waals surface area contributed by atoms with E-state index in [-0.39, 0.29) is 18.5 Å². The lowest BCUT2D eigenvalue weighted by Gasteiger charge is -2.10. The summed E-state index contributed by atoms with van der Waals surface area (Å²) in [6.07, 6.45) is 1.26. The highest BCUT2D eigenvalue weighted by molar-refractivity contribution is 6.38. The minimum Gasteiger partial charge on any atom is -0.467 e. The zero-order valence-corrected chi connectivity index (χ0v) is 13.9. The Bertz CT molecular complexity index is 752. The third kappa shape index (κ3) is 4.67. The molecule has 0 bridgehead atoms. The maximum Gasteiger partial charge on any atom is 0.321 e. The fourth-order valence-electron chi connectivity index (χ4n) is 1.78. The first-order valence-electron chi connectivity index (χ1n) is 6.69. The molecule has 2 aromatic rings. The van der Waals surface area contributed by atoms with Crippen LogP contribution in [0.3, 0.4) is 0 Å². The molecule has 0 radical (unpaired) electrons. The monoisotopic (exact) mass is 356 g/mol. The lowest BCUT2D eigenvalue weighted by atomic mass is 10.2. The largest absolute Gasteiger partial charge is 0.467 e. The van der Waals surface area contributed by atoms with E-state index in [1.54, 1.807) is 26.0 Å². The van der Waals surface area contributed by atoms with Crippen molar-refractivity contribution in [3.63, 3.8) is 0 Å². The summed E-state index contributed by atoms with van der Waals surface area (Å²) >= 11 is 12.0. The molecule has 122 valence electrons. The first kappa shape index (κ1) is 17.2. The molecular weight excluding hydrogens is 343 g/mol. The number of hydrogen-bond donors (Lipinski definition) is 2. The molecule has 0 aliphatic carbocycles. The molecule has 0 aliphatic rings. The molecule has 0 unspecified atom stereocenters. The van der Waals surface area contributed by atoms with Gasteiger partial charge < -0.3 is 10.1 Å². The summed E-state index contributed by atoms with van der Waals surface area (Å²) in [7, 11) is 0. The van der Waals surface area contributed by atoms with Crippen molar-refractivity contribution in [3.8, 4) is 5.88 Å². The fraction of sp³-hybridized carbons (Fsp3) is 0.286. The standard InChI is InChI=1S/C14H14Cl2N4O3/c1-7(2)19-14(22)20-11(21)5-23-13-9-3-8(15)4-10(16)12(9)17-6-18-13/h3-4,6-7H,5H2,1-2H3,(H2,19,20,21,22). The number of imide groups is 1. The van der Waals surface area contributed by atoms with Crippen LogP contribution >= 0.6 is 23.2 Å². The van der Waals surface area contributed by atoms with E-state index in [0.29, 0.717) is 20.9 Å². The number of ether oxygens (including phenoxy) is 1. The number of carbonyl (C=O) groups excluding carboxylic acids is 2. The van der Waals surface area contributed by atoms with Crippen molar-refractivity contribution in [3.05, 3.63) is 28.5 Å². The van der Waals surface area contributed by atoms with Crippen LogP contribution in [-0.2, 0) is 4.79 Å². The maximum absolute atomic E-state index is 11.7. The molecule has 0 fully saturated rings. The highest BCUT2D eigenvalue weighted by atomic mass is 35.5. The van der Waals surface area contributed by atoms with Gasteiger partial charge in [-0.05, 0) is 26.0 Å². The molecule has 0 aliphatic heterocycles. The summed E-state index contributed by atoms with van der Waals surface area (Å²) in [6, 6.07) is 2.46. The van der Waals surface area contributed by atoms with Gasteiger partial charge in [-0.15, -0.1) is 0 Å². The third-order valence-corrected chi connectivity index (χ3v) is 3.14. The smallest absolute Gasteiger partial charge is 0.321 e. The molecule has 1 aromatic carbocycles. The van der Waals surface area contributed by atoms with Gasteiger partial charge in [0.15, 0.2) is 6.61 Å². The number of nitrogens with zero attached hydrogens (tertiary/aromatic N) is 2. The normalized spacial score (nSPS) is 10.7. The minimum atomic E-state index is -0.608. The lowest BCUT2D eigenvalue weighted by Crippen LogP contribution is -2.44. The van der Waals surface area contributed by atoms with Crippen molar-refractivity contribution < 1.29 is 14.3 Å². The molecule has 0 saturated heterocycles. The van der Waals surface area contributed by atoms with Gasteiger partial charge in [0, 0.05) is 11.1 Å². The van der Waals surface area contributed by atoms with Gasteiger partial charge in [0.2, 0.25) is 5.88 Å². The lowest BCUT2D eigenvalue weighted by molar-refractivity contribution is -0.122. The second-order valence-electron chi connectivity index (χ2n) is 4.93. The van der Waals surface area contributed by atoms with Crippen LogP contribution < -0.4 is 15.4 Å². The van der Waals surface area contributed by atoms with Gasteiger partial charge >= 0.3 is 6.03 Å². The van der Waals surface area contributed by atoms with Crippen molar-refractivity contribution in [2.24, 2.45) is 0 Å². The van der Waals surface area contributed by atoms with Crippen LogP contribution in [0, 0.1) is 0 Å². The average Bonchev–Trinajstić information content (AvgIpc) is 2.44. The molecule has 2 N–H and O–H groups in total. The van der Waals surface area contributed by atoms with Crippen LogP contribution in [-0.4, -0.2) is 34.6 Å². The van der Waals surface area contributed by atoms with Crippen molar-refractivity contribution in [2.75, 3.05) is 6.61 Å². The van der Waals surface area contributed by atoms with Gasteiger partial charge in [-0.3, -0.25) is 10.1 Å². The molecule has 7 nitrogen and oxygen atoms in total. The summed E-state index contributed by atoms with van der Waals surface area (Å²) in [5.41, 5.74) is 0.457. The van der Waals surface area contributed by atoms with E-state index in [1.165, 1.54) is 6.33 Å². The molecule has 0 saturated carbocycles. The third-order valence-electron chi connectivity index (χ3n) is 2.63. The van der Waals surface area contributed by atoms with E-state index in [2.05, 4.69) is 20.6 Å². The Morgan fingerprint density at radius 3 is 2.70 bits per heavy atom. The number of hydrogen-bond acceptors (Lipinski definition) is 5. The van der Waals surface area contributed by atoms with E-state index in [9.17, 15) is 9.59 Å². The van der Waals surface area contributed by atoms with E-state index >= 15 is 0 Å². The number of amides is 3. The highest BCUT2D eigenvalue weighted by Gasteiger charge is 2.13. The maximum atomic E-state index is 11.7. The van der Waals surface area contributed by atoms with Crippen molar-refractivity contribution >= 4 is 46.0 Å². The van der Waals surface area contributed by atoms with Gasteiger partial charge in [0.25, 0.3) is 5.91 Å². The van der Waals surface area contributed by atoms with Crippen LogP contribution in [0.5, 0.6) is 5.88 Å². The number of nitrogens with one attached hydrogen (secondary N) is 2. The molecule has 1 heterocycles. The fourth-order valence-corrected chi connectivity index (χ4v) is 2.32. The number of benzene rings is 1. The Hall–Kier alpha value is -2.12. The van der Waals surface area contributed by atoms with Gasteiger partial charge in [0.1, 0.15) is 6.33 Å². The Labute approximate surface area is 142 Å². The first-order chi connectivity index (χ1) is 10.9. The molecule has 23 heavy (non-hydrogen) atoms. The van der Waals surface area contributed by atoms with Gasteiger partial charge in [0.05, 0.1) is 15.9 Å². The number of carbonyl (C=O) groups is 2. The zero-order chi connectivity index (χ0) is 17.0. The van der Waals surface area contributed by atoms with Gasteiger partial charge in [-0.2, -0.15) is 0 Å². The van der Waals surface area contributed by atoms with Gasteiger partial charge in [-0.1, -0.05) is 23.2 Å². The second kappa shape index (κ2) is 7.43. The van der Waals surface area contributed by atoms with E-state index in [0.717, 1.165) is 0 Å². The summed E-state index contributed by atoms with van der Waals surface area (Å²) in [5.74, 6) is -0.457. The Morgan fingerprint density at radius 2 is 2.00 bits per heavy atom. The molecular formula is C14H14Cl2N4O3. The Kier molecular flexibility index (Phi) is 5.57. The molecule has 0 atom stereocenters. The highest BCUT2D eigenvalue weighted by Crippen LogP contribution is 2.30. The SMILES string of the molecule is CC(C)NC(=O)NC(=O)COc1ncnc2c(Cl)cc(Cl)cc12. The topological polar surface area (TPSA) is 93.2 Å². The van der Waals surface area contributed by atoms with Crippen molar-refractivity contribution in [1.29, 1.82) is 0 Å². The average molecular weight is 357 g/mol. The molecule has 1 aromatic heterocycles. The minimum absolute atomic E-state index is 0.0844. The predicted molar refractivity (Wildman–Crippen MR) is 86.9 cm³/mol. The second-order valence-corrected chi connectivity index (χ2v) is 5.77. The molecule has 3 amide bonds. The van der Waals surface area contributed by atoms with Crippen LogP contribution in [0.2, 0.25) is 10.0 Å². The number of rotatable bonds is 4. The molecule has 0 spiro atoms. The number of fused-ring (bicyclic) bond motifs is 1. The van der Waals surface area contributed by atoms with Crippen LogP contribution in [0.15, 0.2) is 18.5 Å². The van der Waals surface area contributed by atoms with Crippen LogP contribution in [0.1, 0.15) is 13.8 Å². The van der Waals surface area contributed by atoms with Crippen molar-refractivity contribution in [1.82, 2.24) is 20.6 Å². The number of halogens is 2. The van der Waals surface area contributed by atoms with Crippen molar-refractivity contribution in [2.45, 2.75) is 19.9 Å². The molecule has 9 heteroatoms. The summed E-state index contributed by atoms with van der Waals surface area (Å²) in [6.45, 7) is 3.17. The van der Waals surface area contributed by atoms with Crippen LogP contribution in [0.4, 0.5) is 4.79 Å². The first-order valence-corrected chi connectivity index (χ1v) is 7.45. The summed E-state index contributed by atoms with van der Waals surface area (Å²) in [5, 5.41) is 5.89. The molecule has 2 rings (SSSR count). The van der Waals surface area contributed by atoms with Crippen LogP contribution in [0.25, 0.3) is 10.9 Å². The van der Waals surface area contributed by atoms with E-state index in [1.807, 2.05) is 0 Å². The quantitative estimate of drug-likeness (QED) is 0.877. The Morgan fingerprint density at radius 1 is 1.26 bits per heavy atom. The van der Waals surface area contributed by atoms with E-state index < -0.39 is 11.9 Å². The summed E-state index contributed by atoms with van der Waals surface area (Å²) < 4.78 is 5.34.